The van der Waals surface area contributed by atoms with Gasteiger partial charge in [-0.25, -0.2) is 0 Å². The highest BCUT2D eigenvalue weighted by molar-refractivity contribution is 9.10. The zero-order chi connectivity index (χ0) is 18.7. The Hall–Kier alpha value is -1.70. The quantitative estimate of drug-likeness (QED) is 0.684. The van der Waals surface area contributed by atoms with Gasteiger partial charge in [0.15, 0.2) is 0 Å². The molecule has 0 radical (unpaired) electrons. The number of halogens is 1. The number of carbonyl (C=O) groups excluding carboxylic acids is 2. The van der Waals surface area contributed by atoms with Crippen molar-refractivity contribution in [1.82, 2.24) is 4.90 Å². The van der Waals surface area contributed by atoms with Crippen LogP contribution in [0.2, 0.25) is 0 Å². The van der Waals surface area contributed by atoms with Crippen LogP contribution >= 0.6 is 39.9 Å². The van der Waals surface area contributed by atoms with E-state index in [0.717, 1.165) is 10.0 Å². The molecule has 1 heterocycles. The van der Waals surface area contributed by atoms with Gasteiger partial charge in [0.1, 0.15) is 4.32 Å². The van der Waals surface area contributed by atoms with Crippen molar-refractivity contribution in [3.05, 3.63) is 64.1 Å². The van der Waals surface area contributed by atoms with Crippen LogP contribution in [0.1, 0.15) is 22.8 Å². The van der Waals surface area contributed by atoms with Gasteiger partial charge in [-0.15, -0.1) is 0 Å². The number of amides is 2. The van der Waals surface area contributed by atoms with E-state index in [1.165, 1.54) is 11.8 Å². The summed E-state index contributed by atoms with van der Waals surface area (Å²) in [6.45, 7) is 2.54. The first kappa shape index (κ1) is 19.1. The number of nitrogens with one attached hydrogen (secondary N) is 1. The summed E-state index contributed by atoms with van der Waals surface area (Å²) in [5, 5.41) is 2.72. The van der Waals surface area contributed by atoms with Gasteiger partial charge in [-0.3, -0.25) is 14.5 Å². The topological polar surface area (TPSA) is 49.4 Å². The van der Waals surface area contributed by atoms with Crippen molar-refractivity contribution in [2.45, 2.75) is 18.6 Å². The van der Waals surface area contributed by atoms with Gasteiger partial charge in [-0.2, -0.15) is 0 Å². The van der Waals surface area contributed by atoms with Crippen LogP contribution < -0.4 is 5.32 Å². The molecule has 1 saturated heterocycles. The Bertz CT molecular complexity index is 855. The minimum atomic E-state index is -0.171. The number of benzene rings is 2. The maximum Gasteiger partial charge on any atom is 0.256 e. The number of nitrogens with zero attached hydrogens (tertiary/aromatic N) is 1. The van der Waals surface area contributed by atoms with E-state index in [1.807, 2.05) is 49.4 Å². The van der Waals surface area contributed by atoms with E-state index in [0.29, 0.717) is 28.5 Å². The van der Waals surface area contributed by atoms with Crippen LogP contribution in [-0.2, 0) is 11.2 Å². The van der Waals surface area contributed by atoms with E-state index in [2.05, 4.69) is 21.2 Å². The van der Waals surface area contributed by atoms with E-state index in [-0.39, 0.29) is 17.1 Å². The Morgan fingerprint density at radius 1 is 1.23 bits per heavy atom. The lowest BCUT2D eigenvalue weighted by molar-refractivity contribution is -0.125. The average Bonchev–Trinajstić information content (AvgIpc) is 2.90. The predicted molar refractivity (Wildman–Crippen MR) is 114 cm³/mol. The highest BCUT2D eigenvalue weighted by atomic mass is 79.9. The first-order chi connectivity index (χ1) is 12.5. The summed E-state index contributed by atoms with van der Waals surface area (Å²) in [4.78, 5) is 26.3. The summed E-state index contributed by atoms with van der Waals surface area (Å²) in [6, 6.07) is 14.8. The first-order valence-electron chi connectivity index (χ1n) is 8.16. The van der Waals surface area contributed by atoms with Crippen LogP contribution in [0.3, 0.4) is 0 Å². The third-order valence-electron chi connectivity index (χ3n) is 4.07. The normalized spacial score (nSPS) is 16.8. The molecule has 0 spiro atoms. The summed E-state index contributed by atoms with van der Waals surface area (Å²) in [5.41, 5.74) is 2.33. The van der Waals surface area contributed by atoms with E-state index in [9.17, 15) is 9.59 Å². The van der Waals surface area contributed by atoms with Gasteiger partial charge in [-0.05, 0) is 59.1 Å². The van der Waals surface area contributed by atoms with Crippen LogP contribution in [-0.4, -0.2) is 32.8 Å². The third kappa shape index (κ3) is 4.16. The summed E-state index contributed by atoms with van der Waals surface area (Å²) in [7, 11) is 0. The van der Waals surface area contributed by atoms with E-state index < -0.39 is 0 Å². The van der Waals surface area contributed by atoms with Gasteiger partial charge in [-0.1, -0.05) is 48.2 Å². The maximum atomic E-state index is 12.3. The minimum Gasteiger partial charge on any atom is -0.322 e. The molecule has 2 aromatic rings. The van der Waals surface area contributed by atoms with Crippen molar-refractivity contribution >= 4 is 61.7 Å². The number of anilines is 1. The van der Waals surface area contributed by atoms with Crippen molar-refractivity contribution in [2.24, 2.45) is 0 Å². The highest BCUT2D eigenvalue weighted by Gasteiger charge is 2.35. The molecule has 0 aromatic heterocycles. The molecule has 1 N–H and O–H groups in total. The van der Waals surface area contributed by atoms with Crippen LogP contribution in [0.15, 0.2) is 53.0 Å². The van der Waals surface area contributed by atoms with Gasteiger partial charge in [0, 0.05) is 16.7 Å². The van der Waals surface area contributed by atoms with Gasteiger partial charge >= 0.3 is 0 Å². The molecule has 1 aliphatic rings. The van der Waals surface area contributed by atoms with Crippen LogP contribution in [0.4, 0.5) is 5.69 Å². The lowest BCUT2D eigenvalue weighted by atomic mass is 10.1. The molecule has 7 heteroatoms. The Kier molecular flexibility index (Phi) is 6.11. The summed E-state index contributed by atoms with van der Waals surface area (Å²) < 4.78 is 1.40. The average molecular weight is 449 g/mol. The number of thioether (sulfide) groups is 1. The zero-order valence-corrected chi connectivity index (χ0v) is 17.3. The SMILES string of the molecule is CCN1C(=O)C(Cc2ccc(NC(=O)c3ccccc3Br)cc2)SC1=S. The van der Waals surface area contributed by atoms with Crippen molar-refractivity contribution in [3.8, 4) is 0 Å². The largest absolute Gasteiger partial charge is 0.322 e. The molecule has 3 rings (SSSR count). The monoisotopic (exact) mass is 448 g/mol. The summed E-state index contributed by atoms with van der Waals surface area (Å²) >= 11 is 10.1. The molecular formula is C19H17BrN2O2S2. The maximum absolute atomic E-state index is 12.3. The Labute approximate surface area is 170 Å². The molecule has 1 fully saturated rings. The molecule has 134 valence electrons. The smallest absolute Gasteiger partial charge is 0.256 e. The van der Waals surface area contributed by atoms with E-state index in [1.54, 1.807) is 11.0 Å². The highest BCUT2D eigenvalue weighted by Crippen LogP contribution is 2.30. The fourth-order valence-electron chi connectivity index (χ4n) is 2.70. The number of hydrogen-bond acceptors (Lipinski definition) is 4. The van der Waals surface area contributed by atoms with Gasteiger partial charge in [0.2, 0.25) is 5.91 Å². The van der Waals surface area contributed by atoms with Gasteiger partial charge in [0.25, 0.3) is 5.91 Å². The zero-order valence-electron chi connectivity index (χ0n) is 14.1. The lowest BCUT2D eigenvalue weighted by Crippen LogP contribution is -2.31. The second kappa shape index (κ2) is 8.33. The van der Waals surface area contributed by atoms with Gasteiger partial charge in [0.05, 0.1) is 10.8 Å². The Balaban J connectivity index is 1.64. The summed E-state index contributed by atoms with van der Waals surface area (Å²) in [6.07, 6.45) is 0.624. The second-order valence-corrected chi connectivity index (χ2v) is 8.48. The molecule has 26 heavy (non-hydrogen) atoms. The molecule has 4 nitrogen and oxygen atoms in total. The van der Waals surface area contributed by atoms with Crippen molar-refractivity contribution < 1.29 is 9.59 Å². The molecule has 0 bridgehead atoms. The van der Waals surface area contributed by atoms with Crippen molar-refractivity contribution in [1.29, 1.82) is 0 Å². The molecule has 1 aliphatic heterocycles. The Morgan fingerprint density at radius 2 is 1.92 bits per heavy atom. The van der Waals surface area contributed by atoms with Crippen LogP contribution in [0.5, 0.6) is 0 Å². The Morgan fingerprint density at radius 3 is 2.54 bits per heavy atom. The first-order valence-corrected chi connectivity index (χ1v) is 10.2. The fourth-order valence-corrected chi connectivity index (χ4v) is 4.82. The van der Waals surface area contributed by atoms with E-state index in [4.69, 9.17) is 12.2 Å². The lowest BCUT2D eigenvalue weighted by Gasteiger charge is -2.12. The molecule has 1 atom stereocenters. The summed E-state index contributed by atoms with van der Waals surface area (Å²) in [5.74, 6) is -0.0931. The molecule has 0 saturated carbocycles. The van der Waals surface area contributed by atoms with E-state index >= 15 is 0 Å². The predicted octanol–water partition coefficient (Wildman–Crippen LogP) is 4.49. The molecule has 0 aliphatic carbocycles. The number of hydrogen-bond donors (Lipinski definition) is 1. The van der Waals surface area contributed by atoms with Crippen LogP contribution in [0.25, 0.3) is 0 Å². The fraction of sp³-hybridized carbons (Fsp3) is 0.211. The third-order valence-corrected chi connectivity index (χ3v) is 6.35. The second-order valence-electron chi connectivity index (χ2n) is 5.79. The minimum absolute atomic E-state index is 0.0776. The molecule has 2 amide bonds. The number of thiocarbonyl (C=S) groups is 1. The number of rotatable bonds is 5. The molecule has 1 unspecified atom stereocenters. The van der Waals surface area contributed by atoms with Crippen molar-refractivity contribution in [3.63, 3.8) is 0 Å². The molecule has 2 aromatic carbocycles. The van der Waals surface area contributed by atoms with Crippen molar-refractivity contribution in [2.75, 3.05) is 11.9 Å². The standard InChI is InChI=1S/C19H17BrN2O2S2/c1-2-22-18(24)16(26-19(22)25)11-12-7-9-13(10-8-12)21-17(23)14-5-3-4-6-15(14)20/h3-10,16H,2,11H2,1H3,(H,21,23). The van der Waals surface area contributed by atoms with Crippen LogP contribution in [0, 0.1) is 0 Å². The van der Waals surface area contributed by atoms with Gasteiger partial charge < -0.3 is 5.32 Å². The number of carbonyl (C=O) groups is 2. The molecular weight excluding hydrogens is 432 g/mol.